The van der Waals surface area contributed by atoms with Crippen molar-refractivity contribution >= 4 is 0 Å². The third-order valence-corrected chi connectivity index (χ3v) is 5.22. The van der Waals surface area contributed by atoms with Gasteiger partial charge in [0.15, 0.2) is 11.5 Å². The second-order valence-electron chi connectivity index (χ2n) is 6.57. The van der Waals surface area contributed by atoms with Crippen molar-refractivity contribution in [2.45, 2.75) is 18.9 Å². The lowest BCUT2D eigenvalue weighted by molar-refractivity contribution is 0.228. The molecule has 2 aromatic carbocycles. The van der Waals surface area contributed by atoms with E-state index in [4.69, 9.17) is 18.9 Å². The molecule has 2 aliphatic rings. The molecule has 25 heavy (non-hydrogen) atoms. The van der Waals surface area contributed by atoms with Crippen molar-refractivity contribution < 1.29 is 18.9 Å². The Morgan fingerprint density at radius 3 is 2.40 bits per heavy atom. The van der Waals surface area contributed by atoms with Crippen molar-refractivity contribution in [2.24, 2.45) is 0 Å². The molecule has 2 aliphatic heterocycles. The summed E-state index contributed by atoms with van der Waals surface area (Å²) in [7, 11) is 7.19. The molecule has 5 nitrogen and oxygen atoms in total. The highest BCUT2D eigenvalue weighted by atomic mass is 16.5. The van der Waals surface area contributed by atoms with Crippen LogP contribution in [0.5, 0.6) is 28.7 Å². The van der Waals surface area contributed by atoms with Gasteiger partial charge in [-0.3, -0.25) is 4.90 Å². The van der Waals surface area contributed by atoms with Gasteiger partial charge in [-0.05, 0) is 37.6 Å². The van der Waals surface area contributed by atoms with E-state index in [1.165, 1.54) is 11.1 Å². The Balaban J connectivity index is 1.93. The summed E-state index contributed by atoms with van der Waals surface area (Å²) in [5, 5.41) is 0. The van der Waals surface area contributed by atoms with Crippen LogP contribution < -0.4 is 18.9 Å². The third-order valence-electron chi connectivity index (χ3n) is 5.22. The van der Waals surface area contributed by atoms with E-state index in [-0.39, 0.29) is 6.04 Å². The molecular formula is C20H23NO4. The first-order valence-electron chi connectivity index (χ1n) is 8.48. The van der Waals surface area contributed by atoms with Crippen LogP contribution in [0.2, 0.25) is 0 Å². The van der Waals surface area contributed by atoms with E-state index in [1.54, 1.807) is 21.3 Å². The topological polar surface area (TPSA) is 40.2 Å². The van der Waals surface area contributed by atoms with E-state index in [0.29, 0.717) is 5.75 Å². The Labute approximate surface area is 148 Å². The normalized spacial score (nSPS) is 18.5. The minimum absolute atomic E-state index is 0.266. The number of fused-ring (bicyclic) bond motifs is 1. The van der Waals surface area contributed by atoms with E-state index in [1.807, 2.05) is 18.2 Å². The van der Waals surface area contributed by atoms with Gasteiger partial charge < -0.3 is 18.9 Å². The molecule has 0 fully saturated rings. The number of hydrogen-bond acceptors (Lipinski definition) is 5. The zero-order chi connectivity index (χ0) is 17.6. The minimum atomic E-state index is 0.266. The minimum Gasteiger partial charge on any atom is -0.497 e. The quantitative estimate of drug-likeness (QED) is 0.853. The molecule has 2 aromatic rings. The van der Waals surface area contributed by atoms with Gasteiger partial charge >= 0.3 is 0 Å². The van der Waals surface area contributed by atoms with Gasteiger partial charge in [-0.2, -0.15) is 0 Å². The maximum absolute atomic E-state index is 6.37. The van der Waals surface area contributed by atoms with Crippen LogP contribution in [0.1, 0.15) is 22.7 Å². The van der Waals surface area contributed by atoms with Crippen molar-refractivity contribution in [3.05, 3.63) is 41.0 Å². The molecule has 0 unspecified atom stereocenters. The fourth-order valence-corrected chi connectivity index (χ4v) is 3.86. The molecule has 4 rings (SSSR count). The van der Waals surface area contributed by atoms with Crippen molar-refractivity contribution in [1.29, 1.82) is 0 Å². The second kappa shape index (κ2) is 6.15. The first kappa shape index (κ1) is 16.1. The zero-order valence-corrected chi connectivity index (χ0v) is 15.1. The smallest absolute Gasteiger partial charge is 0.172 e. The fraction of sp³-hybridized carbons (Fsp3) is 0.400. The summed E-state index contributed by atoms with van der Waals surface area (Å²) >= 11 is 0. The number of methoxy groups -OCH3 is 3. The molecular weight excluding hydrogens is 318 g/mol. The second-order valence-corrected chi connectivity index (χ2v) is 6.57. The van der Waals surface area contributed by atoms with Gasteiger partial charge in [-0.1, -0.05) is 0 Å². The predicted octanol–water partition coefficient (Wildman–Crippen LogP) is 3.59. The van der Waals surface area contributed by atoms with E-state index >= 15 is 0 Å². The lowest BCUT2D eigenvalue weighted by Crippen LogP contribution is -2.33. The Kier molecular flexibility index (Phi) is 3.96. The van der Waals surface area contributed by atoms with Crippen molar-refractivity contribution in [3.8, 4) is 28.7 Å². The van der Waals surface area contributed by atoms with Gasteiger partial charge in [-0.25, -0.2) is 0 Å². The molecule has 0 radical (unpaired) electrons. The molecule has 0 saturated heterocycles. The Morgan fingerprint density at radius 1 is 0.960 bits per heavy atom. The number of likely N-dealkylation sites (N-methyl/N-ethyl adjacent to an activating group) is 1. The van der Waals surface area contributed by atoms with Crippen LogP contribution >= 0.6 is 0 Å². The molecule has 0 bridgehead atoms. The monoisotopic (exact) mass is 341 g/mol. The van der Waals surface area contributed by atoms with Crippen LogP contribution in [0.15, 0.2) is 24.3 Å². The first-order chi connectivity index (χ1) is 12.1. The van der Waals surface area contributed by atoms with Gasteiger partial charge in [0.1, 0.15) is 17.2 Å². The number of nitrogens with zero attached hydrogens (tertiary/aromatic N) is 1. The van der Waals surface area contributed by atoms with E-state index < -0.39 is 0 Å². The first-order valence-corrected chi connectivity index (χ1v) is 8.48. The summed E-state index contributed by atoms with van der Waals surface area (Å²) in [5.41, 5.74) is 3.65. The number of benzene rings is 2. The summed E-state index contributed by atoms with van der Waals surface area (Å²) < 4.78 is 22.9. The Hall–Kier alpha value is -2.40. The molecule has 132 valence electrons. The van der Waals surface area contributed by atoms with Crippen LogP contribution in [0.4, 0.5) is 0 Å². The third kappa shape index (κ3) is 2.59. The molecule has 0 spiro atoms. The molecule has 1 atom stereocenters. The number of hydrogen-bond donors (Lipinski definition) is 0. The van der Waals surface area contributed by atoms with E-state index in [9.17, 15) is 0 Å². The van der Waals surface area contributed by atoms with Gasteiger partial charge in [-0.15, -0.1) is 0 Å². The van der Waals surface area contributed by atoms with E-state index in [2.05, 4.69) is 18.0 Å². The van der Waals surface area contributed by atoms with Gasteiger partial charge in [0.2, 0.25) is 0 Å². The summed E-state index contributed by atoms with van der Waals surface area (Å²) in [6.07, 6.45) is 1.85. The van der Waals surface area contributed by atoms with Crippen LogP contribution in [-0.2, 0) is 12.8 Å². The highest BCUT2D eigenvalue weighted by molar-refractivity contribution is 5.59. The highest BCUT2D eigenvalue weighted by Gasteiger charge is 2.34. The summed E-state index contributed by atoms with van der Waals surface area (Å²) in [6.45, 7) is 1.01. The molecule has 0 N–H and O–H groups in total. The molecule has 0 aliphatic carbocycles. The standard InChI is InChI=1S/C20H23NO4/c1-21-6-5-12-7-14(22-2)10-17-19(12)16(21)9-13-8-15(23-3)11-18(24-4)20(13)25-17/h7-8,10-11,16H,5-6,9H2,1-4H3/t16-/m0/s1. The maximum Gasteiger partial charge on any atom is 0.172 e. The van der Waals surface area contributed by atoms with Crippen LogP contribution in [-0.4, -0.2) is 39.8 Å². The van der Waals surface area contributed by atoms with Gasteiger partial charge in [0, 0.05) is 35.8 Å². The Morgan fingerprint density at radius 2 is 1.68 bits per heavy atom. The van der Waals surface area contributed by atoms with Crippen molar-refractivity contribution in [2.75, 3.05) is 34.9 Å². The summed E-state index contributed by atoms with van der Waals surface area (Å²) in [6, 6.07) is 8.29. The van der Waals surface area contributed by atoms with Crippen LogP contribution in [0.25, 0.3) is 0 Å². The van der Waals surface area contributed by atoms with Gasteiger partial charge in [0.05, 0.1) is 21.3 Å². The lowest BCUT2D eigenvalue weighted by atomic mass is 9.88. The summed E-state index contributed by atoms with van der Waals surface area (Å²) in [5.74, 6) is 3.91. The fourth-order valence-electron chi connectivity index (χ4n) is 3.86. The van der Waals surface area contributed by atoms with Crippen LogP contribution in [0.3, 0.4) is 0 Å². The molecule has 0 amide bonds. The SMILES string of the molecule is COc1cc2c(c(OC)c1)Oc1cc(OC)cc3c1[C@H](C2)N(C)CC3. The average molecular weight is 341 g/mol. The number of ether oxygens (including phenoxy) is 4. The van der Waals surface area contributed by atoms with Crippen molar-refractivity contribution in [1.82, 2.24) is 4.90 Å². The lowest BCUT2D eigenvalue weighted by Gasteiger charge is -2.34. The van der Waals surface area contributed by atoms with Crippen LogP contribution in [0, 0.1) is 0 Å². The maximum atomic E-state index is 6.37. The largest absolute Gasteiger partial charge is 0.497 e. The van der Waals surface area contributed by atoms with Gasteiger partial charge in [0.25, 0.3) is 0 Å². The average Bonchev–Trinajstić information content (AvgIpc) is 2.81. The highest BCUT2D eigenvalue weighted by Crippen LogP contribution is 2.49. The van der Waals surface area contributed by atoms with Crippen molar-refractivity contribution in [3.63, 3.8) is 0 Å². The summed E-state index contributed by atoms with van der Waals surface area (Å²) in [4.78, 5) is 2.39. The Bertz CT molecular complexity index is 818. The molecule has 0 saturated carbocycles. The predicted molar refractivity (Wildman–Crippen MR) is 95.4 cm³/mol. The molecule has 0 aromatic heterocycles. The number of rotatable bonds is 3. The molecule has 5 heteroatoms. The van der Waals surface area contributed by atoms with E-state index in [0.717, 1.165) is 47.9 Å². The zero-order valence-electron chi connectivity index (χ0n) is 15.1. The molecule has 2 heterocycles.